The molecule has 0 atom stereocenters. The van der Waals surface area contributed by atoms with Crippen LogP contribution in [-0.4, -0.2) is 45.2 Å². The van der Waals surface area contributed by atoms with Crippen molar-refractivity contribution in [3.63, 3.8) is 0 Å². The monoisotopic (exact) mass is 294 g/mol. The molecule has 0 unspecified atom stereocenters. The Kier molecular flexibility index (Phi) is 5.53. The van der Waals surface area contributed by atoms with Crippen molar-refractivity contribution in [2.75, 3.05) is 32.2 Å². The first-order chi connectivity index (χ1) is 10.2. The average molecular weight is 294 g/mol. The molecule has 1 aliphatic heterocycles. The molecular weight excluding hydrogens is 276 g/mol. The van der Waals surface area contributed by atoms with Crippen molar-refractivity contribution in [1.82, 2.24) is 5.32 Å². The van der Waals surface area contributed by atoms with Crippen LogP contribution in [-0.2, 0) is 14.2 Å². The van der Waals surface area contributed by atoms with Crippen LogP contribution in [0.4, 0.5) is 10.5 Å². The number of nitrogens with one attached hydrogen (secondary N) is 2. The molecule has 1 aliphatic rings. The molecule has 0 bridgehead atoms. The summed E-state index contributed by atoms with van der Waals surface area (Å²) < 4.78 is 15.2. The minimum Gasteiger partial charge on any atom is -0.465 e. The van der Waals surface area contributed by atoms with Gasteiger partial charge in [0.15, 0.2) is 6.29 Å². The lowest BCUT2D eigenvalue weighted by Crippen LogP contribution is -2.32. The van der Waals surface area contributed by atoms with E-state index in [2.05, 4.69) is 15.4 Å². The standard InChI is InChI=1S/C14H18N2O5/c1-19-13(17)10-4-2-3-5-11(10)16-14(18)15-7-6-12-20-8-9-21-12/h2-5,12H,6-9H2,1H3,(H2,15,16,18). The number of amides is 2. The molecule has 0 radical (unpaired) electrons. The number of rotatable bonds is 5. The van der Waals surface area contributed by atoms with Gasteiger partial charge in [-0.25, -0.2) is 9.59 Å². The van der Waals surface area contributed by atoms with Gasteiger partial charge in [0.1, 0.15) is 0 Å². The third kappa shape index (κ3) is 4.44. The zero-order chi connectivity index (χ0) is 15.1. The summed E-state index contributed by atoms with van der Waals surface area (Å²) in [6.07, 6.45) is 0.319. The Bertz CT molecular complexity index is 500. The minimum absolute atomic E-state index is 0.257. The summed E-state index contributed by atoms with van der Waals surface area (Å²) in [5.74, 6) is -0.501. The largest absolute Gasteiger partial charge is 0.465 e. The number of hydrogen-bond donors (Lipinski definition) is 2. The van der Waals surface area contributed by atoms with Crippen LogP contribution in [0, 0.1) is 0 Å². The molecule has 0 spiro atoms. The number of anilines is 1. The van der Waals surface area contributed by atoms with Gasteiger partial charge >= 0.3 is 12.0 Å². The Morgan fingerprint density at radius 1 is 1.29 bits per heavy atom. The molecule has 21 heavy (non-hydrogen) atoms. The molecule has 0 aliphatic carbocycles. The Morgan fingerprint density at radius 3 is 2.71 bits per heavy atom. The van der Waals surface area contributed by atoms with E-state index in [1.165, 1.54) is 7.11 Å². The van der Waals surface area contributed by atoms with E-state index >= 15 is 0 Å². The second-order valence-corrected chi connectivity index (χ2v) is 4.38. The highest BCUT2D eigenvalue weighted by Gasteiger charge is 2.16. The highest BCUT2D eigenvalue weighted by molar-refractivity contribution is 6.00. The molecule has 1 fully saturated rings. The topological polar surface area (TPSA) is 85.9 Å². The number of esters is 1. The van der Waals surface area contributed by atoms with Crippen LogP contribution >= 0.6 is 0 Å². The quantitative estimate of drug-likeness (QED) is 0.801. The first-order valence-corrected chi connectivity index (χ1v) is 6.66. The molecule has 7 heteroatoms. The minimum atomic E-state index is -0.501. The number of carbonyl (C=O) groups excluding carboxylic acids is 2. The summed E-state index contributed by atoms with van der Waals surface area (Å²) in [6.45, 7) is 1.59. The zero-order valence-corrected chi connectivity index (χ0v) is 11.8. The number of hydrogen-bond acceptors (Lipinski definition) is 5. The van der Waals surface area contributed by atoms with Gasteiger partial charge in [-0.2, -0.15) is 0 Å². The smallest absolute Gasteiger partial charge is 0.339 e. The molecule has 2 rings (SSSR count). The molecule has 1 heterocycles. The fraction of sp³-hybridized carbons (Fsp3) is 0.429. The molecule has 2 amide bonds. The van der Waals surface area contributed by atoms with Crippen molar-refractivity contribution in [2.45, 2.75) is 12.7 Å². The van der Waals surface area contributed by atoms with Crippen LogP contribution in [0.25, 0.3) is 0 Å². The van der Waals surface area contributed by atoms with Crippen molar-refractivity contribution in [2.24, 2.45) is 0 Å². The van der Waals surface area contributed by atoms with Gasteiger partial charge in [-0.3, -0.25) is 0 Å². The number of urea groups is 1. The van der Waals surface area contributed by atoms with E-state index in [-0.39, 0.29) is 6.29 Å². The van der Waals surface area contributed by atoms with Crippen LogP contribution in [0.15, 0.2) is 24.3 Å². The summed E-state index contributed by atoms with van der Waals surface area (Å²) in [7, 11) is 1.29. The van der Waals surface area contributed by atoms with Crippen molar-refractivity contribution in [3.05, 3.63) is 29.8 Å². The molecule has 1 aromatic rings. The zero-order valence-electron chi connectivity index (χ0n) is 11.8. The molecule has 7 nitrogen and oxygen atoms in total. The van der Waals surface area contributed by atoms with Gasteiger partial charge in [0, 0.05) is 13.0 Å². The first-order valence-electron chi connectivity index (χ1n) is 6.66. The van der Waals surface area contributed by atoms with Crippen LogP contribution in [0.2, 0.25) is 0 Å². The van der Waals surface area contributed by atoms with E-state index in [9.17, 15) is 9.59 Å². The van der Waals surface area contributed by atoms with Gasteiger partial charge in [0.25, 0.3) is 0 Å². The van der Waals surface area contributed by atoms with Crippen LogP contribution in [0.5, 0.6) is 0 Å². The SMILES string of the molecule is COC(=O)c1ccccc1NC(=O)NCCC1OCCO1. The van der Waals surface area contributed by atoms with E-state index in [4.69, 9.17) is 9.47 Å². The molecule has 1 saturated heterocycles. The van der Waals surface area contributed by atoms with Gasteiger partial charge in [-0.05, 0) is 12.1 Å². The molecule has 0 saturated carbocycles. The van der Waals surface area contributed by atoms with Gasteiger partial charge in [-0.1, -0.05) is 12.1 Å². The van der Waals surface area contributed by atoms with Crippen molar-refractivity contribution < 1.29 is 23.8 Å². The van der Waals surface area contributed by atoms with Crippen molar-refractivity contribution in [1.29, 1.82) is 0 Å². The maximum absolute atomic E-state index is 11.8. The number of ether oxygens (including phenoxy) is 3. The Morgan fingerprint density at radius 2 is 2.00 bits per heavy atom. The number of carbonyl (C=O) groups is 2. The third-order valence-electron chi connectivity index (χ3n) is 2.94. The van der Waals surface area contributed by atoms with E-state index in [0.717, 1.165) is 0 Å². The fourth-order valence-electron chi connectivity index (χ4n) is 1.92. The summed E-state index contributed by atoms with van der Waals surface area (Å²) in [5, 5.41) is 5.30. The number of benzene rings is 1. The van der Waals surface area contributed by atoms with Crippen LogP contribution in [0.3, 0.4) is 0 Å². The van der Waals surface area contributed by atoms with Crippen LogP contribution < -0.4 is 10.6 Å². The van der Waals surface area contributed by atoms with Crippen molar-refractivity contribution >= 4 is 17.7 Å². The lowest BCUT2D eigenvalue weighted by Gasteiger charge is -2.12. The Hall–Kier alpha value is -2.12. The molecule has 114 valence electrons. The molecule has 1 aromatic carbocycles. The lowest BCUT2D eigenvalue weighted by atomic mass is 10.2. The summed E-state index contributed by atoms with van der Waals surface area (Å²) >= 11 is 0. The summed E-state index contributed by atoms with van der Waals surface area (Å²) in [4.78, 5) is 23.4. The summed E-state index contributed by atoms with van der Waals surface area (Å²) in [5.41, 5.74) is 0.702. The number of methoxy groups -OCH3 is 1. The lowest BCUT2D eigenvalue weighted by molar-refractivity contribution is -0.0454. The highest BCUT2D eigenvalue weighted by Crippen LogP contribution is 2.15. The molecular formula is C14H18N2O5. The van der Waals surface area contributed by atoms with Gasteiger partial charge in [0.05, 0.1) is 31.6 Å². The number of para-hydroxylation sites is 1. The van der Waals surface area contributed by atoms with E-state index in [0.29, 0.717) is 37.4 Å². The molecule has 0 aromatic heterocycles. The predicted octanol–water partition coefficient (Wildman–Crippen LogP) is 1.36. The average Bonchev–Trinajstić information content (AvgIpc) is 3.00. The first kappa shape index (κ1) is 15.3. The van der Waals surface area contributed by atoms with Crippen molar-refractivity contribution in [3.8, 4) is 0 Å². The third-order valence-corrected chi connectivity index (χ3v) is 2.94. The highest BCUT2D eigenvalue weighted by atomic mass is 16.7. The van der Waals surface area contributed by atoms with Gasteiger partial charge in [0.2, 0.25) is 0 Å². The fourth-order valence-corrected chi connectivity index (χ4v) is 1.92. The maximum atomic E-state index is 11.8. The van der Waals surface area contributed by atoms with E-state index in [1.54, 1.807) is 24.3 Å². The van der Waals surface area contributed by atoms with Gasteiger partial charge < -0.3 is 24.8 Å². The molecule has 2 N–H and O–H groups in total. The van der Waals surface area contributed by atoms with Gasteiger partial charge in [-0.15, -0.1) is 0 Å². The van der Waals surface area contributed by atoms with E-state index < -0.39 is 12.0 Å². The Labute approximate surface area is 122 Å². The normalized spacial score (nSPS) is 14.7. The maximum Gasteiger partial charge on any atom is 0.339 e. The second-order valence-electron chi connectivity index (χ2n) is 4.38. The van der Waals surface area contributed by atoms with E-state index in [1.807, 2.05) is 0 Å². The Balaban J connectivity index is 1.83. The van der Waals surface area contributed by atoms with Crippen LogP contribution in [0.1, 0.15) is 16.8 Å². The second kappa shape index (κ2) is 7.61. The predicted molar refractivity (Wildman–Crippen MR) is 75.1 cm³/mol. The summed E-state index contributed by atoms with van der Waals surface area (Å²) in [6, 6.07) is 6.24.